The molecule has 0 fully saturated rings. The molecule has 0 aromatic carbocycles. The molecule has 0 saturated heterocycles. The summed E-state index contributed by atoms with van der Waals surface area (Å²) in [6.45, 7) is 2.24. The molecular weight excluding hydrogens is 249 g/mol. The van der Waals surface area contributed by atoms with Gasteiger partial charge in [-0.2, -0.15) is 0 Å². The normalized spacial score (nSPS) is 16.7. The van der Waals surface area contributed by atoms with Crippen molar-refractivity contribution in [2.75, 3.05) is 18.3 Å². The Kier molecular flexibility index (Phi) is 5.36. The van der Waals surface area contributed by atoms with Gasteiger partial charge in [0.25, 0.3) is 0 Å². The second-order valence-electron chi connectivity index (χ2n) is 3.00. The first-order chi connectivity index (χ1) is 5.72. The summed E-state index contributed by atoms with van der Waals surface area (Å²) in [5, 5.41) is 0. The summed E-state index contributed by atoms with van der Waals surface area (Å²) < 4.78 is 59.2. The standard InChI is InChI=1S/C6H15S.F6P/c1-4-5-6-7(2)3;1-7(2,3,4,5)6/h4-6H2,1-3H3;/q+1;-1. The van der Waals surface area contributed by atoms with Gasteiger partial charge < -0.3 is 0 Å². The Morgan fingerprint density at radius 3 is 1.29 bits per heavy atom. The second-order valence-corrected chi connectivity index (χ2v) is 7.30. The van der Waals surface area contributed by atoms with Crippen LogP contribution >= 0.6 is 7.81 Å². The van der Waals surface area contributed by atoms with E-state index in [2.05, 4.69) is 19.4 Å². The molecule has 92 valence electrons. The predicted octanol–water partition coefficient (Wildman–Crippen LogP) is 5.05. The number of rotatable bonds is 3. The Bertz CT molecular complexity index is 146. The van der Waals surface area contributed by atoms with Gasteiger partial charge in [-0.1, -0.05) is 13.3 Å². The van der Waals surface area contributed by atoms with Crippen molar-refractivity contribution in [3.8, 4) is 0 Å². The van der Waals surface area contributed by atoms with Crippen LogP contribution in [0.4, 0.5) is 25.2 Å². The van der Waals surface area contributed by atoms with Crippen molar-refractivity contribution in [3.05, 3.63) is 0 Å². The fraction of sp³-hybridized carbons (Fsp3) is 1.00. The van der Waals surface area contributed by atoms with E-state index in [1.54, 1.807) is 0 Å². The van der Waals surface area contributed by atoms with Crippen LogP contribution < -0.4 is 0 Å². The van der Waals surface area contributed by atoms with Crippen LogP contribution in [-0.4, -0.2) is 18.3 Å². The molecule has 0 N–H and O–H groups in total. The Hall–Kier alpha value is 0.360. The van der Waals surface area contributed by atoms with E-state index >= 15 is 0 Å². The monoisotopic (exact) mass is 264 g/mol. The van der Waals surface area contributed by atoms with Crippen molar-refractivity contribution in [1.82, 2.24) is 0 Å². The first kappa shape index (κ1) is 16.8. The quantitative estimate of drug-likeness (QED) is 0.380. The van der Waals surface area contributed by atoms with Crippen molar-refractivity contribution in [2.24, 2.45) is 0 Å². The summed E-state index contributed by atoms with van der Waals surface area (Å²) in [6.07, 6.45) is 7.37. The van der Waals surface area contributed by atoms with E-state index in [0.717, 1.165) is 0 Å². The molecule has 0 heterocycles. The van der Waals surface area contributed by atoms with Gasteiger partial charge in [0.2, 0.25) is 0 Å². The summed E-state index contributed by atoms with van der Waals surface area (Å²) in [5.41, 5.74) is 0. The van der Waals surface area contributed by atoms with Crippen LogP contribution in [0.1, 0.15) is 19.8 Å². The van der Waals surface area contributed by atoms with E-state index in [-0.39, 0.29) is 0 Å². The zero-order valence-corrected chi connectivity index (χ0v) is 9.96. The van der Waals surface area contributed by atoms with Crippen molar-refractivity contribution in [1.29, 1.82) is 0 Å². The zero-order valence-electron chi connectivity index (χ0n) is 8.24. The average molecular weight is 264 g/mol. The van der Waals surface area contributed by atoms with Gasteiger partial charge in [0.05, 0.1) is 12.5 Å². The molecule has 0 bridgehead atoms. The van der Waals surface area contributed by atoms with Gasteiger partial charge in [-0.05, 0) is 17.3 Å². The number of hydrogen-bond donors (Lipinski definition) is 0. The Morgan fingerprint density at radius 1 is 0.929 bits per heavy atom. The fourth-order valence-electron chi connectivity index (χ4n) is 0.433. The Morgan fingerprint density at radius 2 is 1.21 bits per heavy atom. The zero-order chi connectivity index (χ0) is 12.1. The van der Waals surface area contributed by atoms with Crippen molar-refractivity contribution in [3.63, 3.8) is 0 Å². The molecule has 0 aliphatic rings. The Balaban J connectivity index is 0. The van der Waals surface area contributed by atoms with E-state index in [4.69, 9.17) is 0 Å². The van der Waals surface area contributed by atoms with Gasteiger partial charge >= 0.3 is 33.0 Å². The second kappa shape index (κ2) is 4.47. The van der Waals surface area contributed by atoms with Crippen LogP contribution in [0.3, 0.4) is 0 Å². The molecule has 0 unspecified atom stereocenters. The van der Waals surface area contributed by atoms with Crippen molar-refractivity contribution >= 4 is 18.7 Å². The molecule has 0 aromatic heterocycles. The van der Waals surface area contributed by atoms with E-state index in [0.29, 0.717) is 10.9 Å². The number of unbranched alkanes of at least 4 members (excludes halogenated alkanes) is 1. The van der Waals surface area contributed by atoms with E-state index in [1.165, 1.54) is 18.6 Å². The fourth-order valence-corrected chi connectivity index (χ4v) is 1.30. The summed E-state index contributed by atoms with van der Waals surface area (Å²) >= 11 is 0. The first-order valence-electron chi connectivity index (χ1n) is 3.83. The molecule has 0 aromatic rings. The van der Waals surface area contributed by atoms with Crippen LogP contribution in [0.25, 0.3) is 0 Å². The molecular formula is C6H15F6PS. The topological polar surface area (TPSA) is 0 Å². The molecule has 0 rings (SSSR count). The molecule has 0 atom stereocenters. The molecule has 0 amide bonds. The van der Waals surface area contributed by atoms with Gasteiger partial charge in [0, 0.05) is 0 Å². The van der Waals surface area contributed by atoms with Gasteiger partial charge in [-0.25, -0.2) is 0 Å². The molecule has 8 heteroatoms. The minimum atomic E-state index is -10.7. The predicted molar refractivity (Wildman–Crippen MR) is 52.6 cm³/mol. The van der Waals surface area contributed by atoms with Crippen LogP contribution in [0.5, 0.6) is 0 Å². The maximum atomic E-state index is 9.87. The van der Waals surface area contributed by atoms with Crippen molar-refractivity contribution < 1.29 is 25.2 Å². The van der Waals surface area contributed by atoms with E-state index < -0.39 is 7.81 Å². The first-order valence-corrected chi connectivity index (χ1v) is 8.07. The molecule has 0 aliphatic carbocycles. The third-order valence-electron chi connectivity index (χ3n) is 0.906. The van der Waals surface area contributed by atoms with Gasteiger partial charge in [0.1, 0.15) is 5.75 Å². The SMILES string of the molecule is CCCC[S+](C)C.F[P-](F)(F)(F)(F)F. The minimum absolute atomic E-state index is 0.685. The summed E-state index contributed by atoms with van der Waals surface area (Å²) in [5.74, 6) is 1.43. The molecule has 0 spiro atoms. The summed E-state index contributed by atoms with van der Waals surface area (Å²) in [6, 6.07) is 0. The maximum absolute atomic E-state index is 10.7. The van der Waals surface area contributed by atoms with E-state index in [1.807, 2.05) is 0 Å². The summed E-state index contributed by atoms with van der Waals surface area (Å²) in [4.78, 5) is 0. The van der Waals surface area contributed by atoms with Crippen LogP contribution in [0, 0.1) is 0 Å². The number of hydrogen-bond acceptors (Lipinski definition) is 0. The average Bonchev–Trinajstić information content (AvgIpc) is 1.75. The van der Waals surface area contributed by atoms with Gasteiger partial charge in [-0.3, -0.25) is 0 Å². The third-order valence-corrected chi connectivity index (χ3v) is 2.01. The van der Waals surface area contributed by atoms with Crippen LogP contribution in [0.15, 0.2) is 0 Å². The molecule has 14 heavy (non-hydrogen) atoms. The third kappa shape index (κ3) is 83.9. The Labute approximate surface area is 82.6 Å². The molecule has 0 aliphatic heterocycles. The van der Waals surface area contributed by atoms with E-state index in [9.17, 15) is 25.2 Å². The summed E-state index contributed by atoms with van der Waals surface area (Å²) in [7, 11) is -9.97. The molecule has 0 radical (unpaired) electrons. The van der Waals surface area contributed by atoms with Crippen LogP contribution in [-0.2, 0) is 10.9 Å². The molecule has 0 saturated carbocycles. The van der Waals surface area contributed by atoms with Crippen molar-refractivity contribution in [2.45, 2.75) is 19.8 Å². The van der Waals surface area contributed by atoms with Gasteiger partial charge in [0.15, 0.2) is 0 Å². The molecule has 0 nitrogen and oxygen atoms in total. The number of halogens is 6. The van der Waals surface area contributed by atoms with Gasteiger partial charge in [-0.15, -0.1) is 0 Å². The van der Waals surface area contributed by atoms with Crippen LogP contribution in [0.2, 0.25) is 0 Å².